The third-order valence-corrected chi connectivity index (χ3v) is 3.03. The molecule has 0 aliphatic rings. The van der Waals surface area contributed by atoms with Gasteiger partial charge in [0.25, 0.3) is 0 Å². The van der Waals surface area contributed by atoms with Crippen LogP contribution in [-0.4, -0.2) is 10.2 Å². The number of nitrogens with zero attached hydrogens (tertiary/aromatic N) is 1. The van der Waals surface area contributed by atoms with Crippen LogP contribution in [-0.2, 0) is 0 Å². The predicted octanol–water partition coefficient (Wildman–Crippen LogP) is 4.45. The third-order valence-electron chi connectivity index (χ3n) is 3.03. The van der Waals surface area contributed by atoms with Crippen molar-refractivity contribution in [3.05, 3.63) is 60.8 Å². The smallest absolute Gasteiger partial charge is 0.246 e. The van der Waals surface area contributed by atoms with Gasteiger partial charge in [-0.2, -0.15) is 0 Å². The number of aromatic nitrogens is 2. The number of nitrogens with one attached hydrogen (secondary N) is 1. The van der Waals surface area contributed by atoms with E-state index in [-0.39, 0.29) is 0 Å². The molecule has 0 aliphatic heterocycles. The summed E-state index contributed by atoms with van der Waals surface area (Å²) in [7, 11) is 0. The summed E-state index contributed by atoms with van der Waals surface area (Å²) >= 11 is 0. The van der Waals surface area contributed by atoms with Crippen molar-refractivity contribution in [2.45, 2.75) is 6.92 Å². The van der Waals surface area contributed by atoms with E-state index in [1.54, 1.807) is 6.08 Å². The van der Waals surface area contributed by atoms with Gasteiger partial charge in [0.05, 0.1) is 11.1 Å². The monoisotopic (exact) mass is 250 g/mol. The number of H-pyrrole nitrogens is 1. The SMILES string of the molecule is C=C/C=C(\C=C/C)c1[nH]nc2oc3ccccc3c12. The molecule has 0 spiro atoms. The van der Waals surface area contributed by atoms with Crippen molar-refractivity contribution >= 4 is 27.6 Å². The Balaban J connectivity index is 2.34. The molecule has 1 N–H and O–H groups in total. The zero-order valence-electron chi connectivity index (χ0n) is 10.7. The molecule has 3 aromatic rings. The maximum absolute atomic E-state index is 5.72. The maximum Gasteiger partial charge on any atom is 0.246 e. The van der Waals surface area contributed by atoms with E-state index in [0.717, 1.165) is 27.6 Å². The number of rotatable bonds is 3. The second-order valence-corrected chi connectivity index (χ2v) is 4.23. The molecule has 3 rings (SSSR count). The van der Waals surface area contributed by atoms with Crippen molar-refractivity contribution in [2.24, 2.45) is 0 Å². The Morgan fingerprint density at radius 2 is 2.21 bits per heavy atom. The number of furan rings is 1. The van der Waals surface area contributed by atoms with Gasteiger partial charge in [-0.15, -0.1) is 5.10 Å². The average Bonchev–Trinajstić information content (AvgIpc) is 2.97. The molecule has 0 aliphatic carbocycles. The molecule has 2 heterocycles. The highest BCUT2D eigenvalue weighted by Gasteiger charge is 2.15. The Labute approximate surface area is 110 Å². The number of hydrogen-bond acceptors (Lipinski definition) is 2. The second kappa shape index (κ2) is 4.61. The Kier molecular flexibility index (Phi) is 2.80. The van der Waals surface area contributed by atoms with Crippen LogP contribution in [0.5, 0.6) is 0 Å². The lowest BCUT2D eigenvalue weighted by Crippen LogP contribution is -1.82. The largest absolute Gasteiger partial charge is 0.436 e. The normalized spacial score (nSPS) is 12.8. The molecule has 0 bridgehead atoms. The van der Waals surface area contributed by atoms with Gasteiger partial charge in [-0.3, -0.25) is 5.10 Å². The van der Waals surface area contributed by atoms with E-state index < -0.39 is 0 Å². The Hall–Kier alpha value is -2.55. The molecule has 3 nitrogen and oxygen atoms in total. The number of allylic oxidation sites excluding steroid dienone is 5. The highest BCUT2D eigenvalue weighted by Crippen LogP contribution is 2.32. The Bertz CT molecular complexity index is 802. The topological polar surface area (TPSA) is 41.8 Å². The van der Waals surface area contributed by atoms with Crippen LogP contribution >= 0.6 is 0 Å². The van der Waals surface area contributed by atoms with Gasteiger partial charge < -0.3 is 4.42 Å². The first-order chi connectivity index (χ1) is 9.35. The van der Waals surface area contributed by atoms with E-state index in [9.17, 15) is 0 Å². The number of para-hydroxylation sites is 1. The fourth-order valence-corrected chi connectivity index (χ4v) is 2.25. The molecule has 1 aromatic carbocycles. The lowest BCUT2D eigenvalue weighted by atomic mass is 10.1. The summed E-state index contributed by atoms with van der Waals surface area (Å²) in [5.74, 6) is 0. The molecular weight excluding hydrogens is 236 g/mol. The zero-order chi connectivity index (χ0) is 13.2. The molecule has 0 unspecified atom stereocenters. The van der Waals surface area contributed by atoms with Crippen molar-refractivity contribution < 1.29 is 4.42 Å². The van der Waals surface area contributed by atoms with Crippen molar-refractivity contribution in [1.82, 2.24) is 10.2 Å². The van der Waals surface area contributed by atoms with E-state index in [0.29, 0.717) is 5.71 Å². The predicted molar refractivity (Wildman–Crippen MR) is 78.9 cm³/mol. The molecule has 2 aromatic heterocycles. The van der Waals surface area contributed by atoms with Crippen LogP contribution in [0.3, 0.4) is 0 Å². The molecule has 94 valence electrons. The Morgan fingerprint density at radius 1 is 1.37 bits per heavy atom. The molecule has 3 heteroatoms. The van der Waals surface area contributed by atoms with Crippen LogP contribution in [0, 0.1) is 0 Å². The van der Waals surface area contributed by atoms with Crippen LogP contribution in [0.15, 0.2) is 59.6 Å². The fraction of sp³-hybridized carbons (Fsp3) is 0.0625. The van der Waals surface area contributed by atoms with Gasteiger partial charge in [-0.05, 0) is 18.6 Å². The summed E-state index contributed by atoms with van der Waals surface area (Å²) in [6.45, 7) is 5.74. The zero-order valence-corrected chi connectivity index (χ0v) is 10.7. The van der Waals surface area contributed by atoms with Gasteiger partial charge in [-0.1, -0.05) is 49.1 Å². The van der Waals surface area contributed by atoms with E-state index >= 15 is 0 Å². The van der Waals surface area contributed by atoms with Crippen LogP contribution < -0.4 is 0 Å². The lowest BCUT2D eigenvalue weighted by molar-refractivity contribution is 0.649. The van der Waals surface area contributed by atoms with Crippen LogP contribution in [0.4, 0.5) is 0 Å². The van der Waals surface area contributed by atoms with Crippen LogP contribution in [0.2, 0.25) is 0 Å². The first-order valence-electron chi connectivity index (χ1n) is 6.16. The first kappa shape index (κ1) is 11.5. The minimum Gasteiger partial charge on any atom is -0.436 e. The molecule has 0 fully saturated rings. The quantitative estimate of drug-likeness (QED) is 0.697. The van der Waals surface area contributed by atoms with Crippen LogP contribution in [0.25, 0.3) is 27.6 Å². The molecule has 0 radical (unpaired) electrons. The number of hydrogen-bond donors (Lipinski definition) is 1. The maximum atomic E-state index is 5.72. The minimum atomic E-state index is 0.635. The highest BCUT2D eigenvalue weighted by atomic mass is 16.3. The van der Waals surface area contributed by atoms with Gasteiger partial charge in [0, 0.05) is 5.39 Å². The van der Waals surface area contributed by atoms with Gasteiger partial charge in [0.1, 0.15) is 5.58 Å². The van der Waals surface area contributed by atoms with Gasteiger partial charge in [0.15, 0.2) is 0 Å². The summed E-state index contributed by atoms with van der Waals surface area (Å²) in [6, 6.07) is 7.95. The number of benzene rings is 1. The summed E-state index contributed by atoms with van der Waals surface area (Å²) in [4.78, 5) is 0. The van der Waals surface area contributed by atoms with Crippen molar-refractivity contribution in [3.63, 3.8) is 0 Å². The van der Waals surface area contributed by atoms with Gasteiger partial charge in [0.2, 0.25) is 5.71 Å². The van der Waals surface area contributed by atoms with E-state index in [1.807, 2.05) is 49.4 Å². The summed E-state index contributed by atoms with van der Waals surface area (Å²) in [5, 5.41) is 9.37. The molecule has 19 heavy (non-hydrogen) atoms. The molecular formula is C16H14N2O. The van der Waals surface area contributed by atoms with Gasteiger partial charge >= 0.3 is 0 Å². The summed E-state index contributed by atoms with van der Waals surface area (Å²) < 4.78 is 5.72. The molecule has 0 saturated heterocycles. The standard InChI is InChI=1S/C16H14N2O/c1-3-7-11(8-4-2)15-14-12-9-5-6-10-13(12)19-16(14)18-17-15/h3-10H,1H2,2H3,(H,17,18)/b8-4-,11-7+. The molecule has 0 atom stereocenters. The summed E-state index contributed by atoms with van der Waals surface area (Å²) in [5.41, 5.74) is 3.48. The first-order valence-corrected chi connectivity index (χ1v) is 6.16. The minimum absolute atomic E-state index is 0.635. The van der Waals surface area contributed by atoms with E-state index in [2.05, 4.69) is 16.8 Å². The van der Waals surface area contributed by atoms with Crippen molar-refractivity contribution in [3.8, 4) is 0 Å². The number of fused-ring (bicyclic) bond motifs is 3. The lowest BCUT2D eigenvalue weighted by Gasteiger charge is -1.98. The highest BCUT2D eigenvalue weighted by molar-refractivity contribution is 6.09. The van der Waals surface area contributed by atoms with Gasteiger partial charge in [-0.25, -0.2) is 0 Å². The molecule has 0 amide bonds. The van der Waals surface area contributed by atoms with Crippen molar-refractivity contribution in [1.29, 1.82) is 0 Å². The fourth-order valence-electron chi connectivity index (χ4n) is 2.25. The molecule has 0 saturated carbocycles. The van der Waals surface area contributed by atoms with Crippen molar-refractivity contribution in [2.75, 3.05) is 0 Å². The Morgan fingerprint density at radius 3 is 3.00 bits per heavy atom. The number of aromatic amines is 1. The second-order valence-electron chi connectivity index (χ2n) is 4.23. The van der Waals surface area contributed by atoms with E-state index in [1.165, 1.54) is 0 Å². The third kappa shape index (κ3) is 1.80. The average molecular weight is 250 g/mol. The van der Waals surface area contributed by atoms with E-state index in [4.69, 9.17) is 4.42 Å². The van der Waals surface area contributed by atoms with Crippen LogP contribution in [0.1, 0.15) is 12.6 Å². The summed E-state index contributed by atoms with van der Waals surface area (Å²) in [6.07, 6.45) is 7.74.